The van der Waals surface area contributed by atoms with Gasteiger partial charge in [0.25, 0.3) is 0 Å². The normalized spacial score (nSPS) is 14.8. The van der Waals surface area contributed by atoms with Crippen molar-refractivity contribution in [3.05, 3.63) is 29.6 Å². The Kier molecular flexibility index (Phi) is 5.41. The van der Waals surface area contributed by atoms with Crippen LogP contribution in [0, 0.1) is 17.7 Å². The molecule has 1 N–H and O–H groups in total. The number of anilines is 1. The van der Waals surface area contributed by atoms with E-state index in [1.165, 1.54) is 18.5 Å². The summed E-state index contributed by atoms with van der Waals surface area (Å²) in [6, 6.07) is 5.20. The van der Waals surface area contributed by atoms with Crippen molar-refractivity contribution >= 4 is 5.69 Å². The molecule has 2 rings (SSSR count). The molecule has 0 aromatic heterocycles. The summed E-state index contributed by atoms with van der Waals surface area (Å²) in [7, 11) is 0. The molecule has 0 spiro atoms. The van der Waals surface area contributed by atoms with Crippen LogP contribution >= 0.6 is 0 Å². The van der Waals surface area contributed by atoms with Gasteiger partial charge in [-0.05, 0) is 61.9 Å². The lowest BCUT2D eigenvalue weighted by Crippen LogP contribution is -2.28. The highest BCUT2D eigenvalue weighted by atomic mass is 19.1. The van der Waals surface area contributed by atoms with Crippen LogP contribution in [0.15, 0.2) is 18.2 Å². The summed E-state index contributed by atoms with van der Waals surface area (Å²) < 4.78 is 13.5. The fraction of sp³-hybridized carbons (Fsp3) is 0.647. The molecule has 112 valence electrons. The first-order valence-electron chi connectivity index (χ1n) is 7.84. The first kappa shape index (κ1) is 15.3. The van der Waals surface area contributed by atoms with Crippen molar-refractivity contribution in [3.8, 4) is 0 Å². The molecule has 0 unspecified atom stereocenters. The van der Waals surface area contributed by atoms with Crippen LogP contribution in [-0.2, 0) is 6.54 Å². The second-order valence-corrected chi connectivity index (χ2v) is 6.28. The van der Waals surface area contributed by atoms with Gasteiger partial charge in [-0.25, -0.2) is 4.39 Å². The lowest BCUT2D eigenvalue weighted by Gasteiger charge is -2.26. The van der Waals surface area contributed by atoms with E-state index in [0.29, 0.717) is 5.92 Å². The van der Waals surface area contributed by atoms with Crippen LogP contribution in [0.3, 0.4) is 0 Å². The van der Waals surface area contributed by atoms with E-state index in [2.05, 4.69) is 31.0 Å². The van der Waals surface area contributed by atoms with Crippen molar-refractivity contribution in [1.82, 2.24) is 5.32 Å². The zero-order valence-corrected chi connectivity index (χ0v) is 13.0. The van der Waals surface area contributed by atoms with Gasteiger partial charge in [0.05, 0.1) is 0 Å². The predicted octanol–water partition coefficient (Wildman–Crippen LogP) is 3.81. The average Bonchev–Trinajstić information content (AvgIpc) is 3.20. The van der Waals surface area contributed by atoms with Crippen LogP contribution in [0.25, 0.3) is 0 Å². The Morgan fingerprint density at radius 2 is 2.10 bits per heavy atom. The van der Waals surface area contributed by atoms with E-state index < -0.39 is 0 Å². The lowest BCUT2D eigenvalue weighted by atomic mass is 10.1. The summed E-state index contributed by atoms with van der Waals surface area (Å²) in [6.45, 7) is 10.3. The maximum absolute atomic E-state index is 13.5. The molecule has 1 fully saturated rings. The first-order chi connectivity index (χ1) is 9.60. The predicted molar refractivity (Wildman–Crippen MR) is 83.6 cm³/mol. The van der Waals surface area contributed by atoms with E-state index in [1.807, 2.05) is 6.07 Å². The van der Waals surface area contributed by atoms with Gasteiger partial charge in [0.2, 0.25) is 0 Å². The summed E-state index contributed by atoms with van der Waals surface area (Å²) in [4.78, 5) is 2.39. The zero-order valence-electron chi connectivity index (χ0n) is 13.0. The van der Waals surface area contributed by atoms with Crippen LogP contribution in [0.4, 0.5) is 10.1 Å². The molecule has 1 aliphatic rings. The summed E-state index contributed by atoms with van der Waals surface area (Å²) in [5, 5.41) is 3.42. The quantitative estimate of drug-likeness (QED) is 0.778. The summed E-state index contributed by atoms with van der Waals surface area (Å²) >= 11 is 0. The Balaban J connectivity index is 2.08. The molecule has 0 heterocycles. The molecule has 0 saturated heterocycles. The highest BCUT2D eigenvalue weighted by Crippen LogP contribution is 2.32. The van der Waals surface area contributed by atoms with Gasteiger partial charge in [0, 0.05) is 25.3 Å². The minimum atomic E-state index is -0.141. The molecule has 0 amide bonds. The second-order valence-electron chi connectivity index (χ2n) is 6.28. The molecule has 3 heteroatoms. The van der Waals surface area contributed by atoms with Crippen molar-refractivity contribution in [2.24, 2.45) is 11.8 Å². The van der Waals surface area contributed by atoms with Gasteiger partial charge < -0.3 is 10.2 Å². The van der Waals surface area contributed by atoms with E-state index in [0.717, 1.165) is 37.7 Å². The van der Waals surface area contributed by atoms with Crippen LogP contribution < -0.4 is 10.2 Å². The maximum atomic E-state index is 13.5. The van der Waals surface area contributed by atoms with Crippen LogP contribution in [0.5, 0.6) is 0 Å². The fourth-order valence-corrected chi connectivity index (χ4v) is 2.51. The third kappa shape index (κ3) is 4.48. The van der Waals surface area contributed by atoms with E-state index >= 15 is 0 Å². The van der Waals surface area contributed by atoms with Gasteiger partial charge in [0.15, 0.2) is 0 Å². The molecule has 1 saturated carbocycles. The number of nitrogens with zero attached hydrogens (tertiary/aromatic N) is 1. The van der Waals surface area contributed by atoms with Crippen molar-refractivity contribution in [2.75, 3.05) is 24.5 Å². The van der Waals surface area contributed by atoms with Gasteiger partial charge in [0.1, 0.15) is 5.82 Å². The minimum absolute atomic E-state index is 0.141. The molecule has 2 nitrogen and oxygen atoms in total. The van der Waals surface area contributed by atoms with Gasteiger partial charge in [-0.2, -0.15) is 0 Å². The highest BCUT2D eigenvalue weighted by molar-refractivity contribution is 5.54. The summed E-state index contributed by atoms with van der Waals surface area (Å²) in [6.07, 6.45) is 2.69. The molecule has 0 radical (unpaired) electrons. The minimum Gasteiger partial charge on any atom is -0.371 e. The monoisotopic (exact) mass is 278 g/mol. The molecule has 1 aromatic carbocycles. The molecule has 20 heavy (non-hydrogen) atoms. The topological polar surface area (TPSA) is 15.3 Å². The molecular formula is C17H27FN2. The van der Waals surface area contributed by atoms with E-state index in [-0.39, 0.29) is 5.82 Å². The highest BCUT2D eigenvalue weighted by Gasteiger charge is 2.24. The number of nitrogens with one attached hydrogen (secondary N) is 1. The van der Waals surface area contributed by atoms with Crippen LogP contribution in [0.1, 0.15) is 39.2 Å². The zero-order chi connectivity index (χ0) is 14.5. The molecule has 0 atom stereocenters. The Hall–Kier alpha value is -1.09. The number of hydrogen-bond donors (Lipinski definition) is 1. The number of hydrogen-bond acceptors (Lipinski definition) is 2. The van der Waals surface area contributed by atoms with Crippen LogP contribution in [0.2, 0.25) is 0 Å². The van der Waals surface area contributed by atoms with Crippen molar-refractivity contribution < 1.29 is 4.39 Å². The smallest absolute Gasteiger partial charge is 0.123 e. The van der Waals surface area contributed by atoms with Crippen molar-refractivity contribution in [1.29, 1.82) is 0 Å². The van der Waals surface area contributed by atoms with Gasteiger partial charge in [-0.1, -0.05) is 13.8 Å². The van der Waals surface area contributed by atoms with E-state index in [1.54, 1.807) is 12.1 Å². The standard InChI is InChI=1S/C17H27FN2/c1-4-20(12-14-5-6-14)17-8-7-16(18)9-15(17)11-19-10-13(2)3/h7-9,13-14,19H,4-6,10-12H2,1-3H3. The third-order valence-corrected chi connectivity index (χ3v) is 3.81. The van der Waals surface area contributed by atoms with Gasteiger partial charge in [-0.15, -0.1) is 0 Å². The largest absolute Gasteiger partial charge is 0.371 e. The number of rotatable bonds is 8. The van der Waals surface area contributed by atoms with E-state index in [4.69, 9.17) is 0 Å². The first-order valence-corrected chi connectivity index (χ1v) is 7.84. The Morgan fingerprint density at radius 1 is 1.35 bits per heavy atom. The molecule has 1 aliphatic carbocycles. The molecule has 0 bridgehead atoms. The van der Waals surface area contributed by atoms with E-state index in [9.17, 15) is 4.39 Å². The molecule has 1 aromatic rings. The maximum Gasteiger partial charge on any atom is 0.123 e. The Bertz CT molecular complexity index is 427. The van der Waals surface area contributed by atoms with Gasteiger partial charge in [-0.3, -0.25) is 0 Å². The summed E-state index contributed by atoms with van der Waals surface area (Å²) in [5.41, 5.74) is 2.27. The molecule has 0 aliphatic heterocycles. The fourth-order valence-electron chi connectivity index (χ4n) is 2.51. The lowest BCUT2D eigenvalue weighted by molar-refractivity contribution is 0.549. The van der Waals surface area contributed by atoms with Crippen molar-refractivity contribution in [2.45, 2.75) is 40.2 Å². The number of halogens is 1. The summed E-state index contributed by atoms with van der Waals surface area (Å²) in [5.74, 6) is 1.31. The Morgan fingerprint density at radius 3 is 2.70 bits per heavy atom. The second kappa shape index (κ2) is 7.07. The Labute approximate surface area is 122 Å². The van der Waals surface area contributed by atoms with Gasteiger partial charge >= 0.3 is 0 Å². The van der Waals surface area contributed by atoms with Crippen molar-refractivity contribution in [3.63, 3.8) is 0 Å². The average molecular weight is 278 g/mol. The van der Waals surface area contributed by atoms with Crippen LogP contribution in [-0.4, -0.2) is 19.6 Å². The third-order valence-electron chi connectivity index (χ3n) is 3.81. The number of benzene rings is 1. The molecular weight excluding hydrogens is 251 g/mol. The SMILES string of the molecule is CCN(CC1CC1)c1ccc(F)cc1CNCC(C)C.